The van der Waals surface area contributed by atoms with Gasteiger partial charge in [0, 0.05) is 5.38 Å². The standard InChI is InChI=1S/C17H14FN3O2S/c18-13-3-1-12(2-4-13)17(6-7-17)16(22)19-9-14-20-15(23-21-14)11-5-8-24-10-11/h1-5,8,10H,6-7,9H2,(H,19,22). The monoisotopic (exact) mass is 343 g/mol. The lowest BCUT2D eigenvalue weighted by atomic mass is 9.95. The first-order valence-corrected chi connectivity index (χ1v) is 8.51. The molecule has 0 atom stereocenters. The van der Waals surface area contributed by atoms with Crippen LogP contribution in [0.15, 0.2) is 45.6 Å². The molecule has 1 aromatic carbocycles. The number of rotatable bonds is 5. The molecule has 24 heavy (non-hydrogen) atoms. The van der Waals surface area contributed by atoms with Crippen LogP contribution in [0, 0.1) is 5.82 Å². The zero-order valence-corrected chi connectivity index (χ0v) is 13.5. The van der Waals surface area contributed by atoms with Gasteiger partial charge in [0.25, 0.3) is 5.89 Å². The van der Waals surface area contributed by atoms with Crippen LogP contribution in [-0.2, 0) is 16.8 Å². The lowest BCUT2D eigenvalue weighted by molar-refractivity contribution is -0.123. The van der Waals surface area contributed by atoms with E-state index in [-0.39, 0.29) is 18.3 Å². The topological polar surface area (TPSA) is 68.0 Å². The van der Waals surface area contributed by atoms with E-state index in [0.29, 0.717) is 11.7 Å². The van der Waals surface area contributed by atoms with Gasteiger partial charge < -0.3 is 9.84 Å². The van der Waals surface area contributed by atoms with E-state index in [1.165, 1.54) is 12.1 Å². The Labute approximate surface area is 141 Å². The zero-order valence-electron chi connectivity index (χ0n) is 12.7. The summed E-state index contributed by atoms with van der Waals surface area (Å²) >= 11 is 1.55. The van der Waals surface area contributed by atoms with Crippen LogP contribution in [0.5, 0.6) is 0 Å². The number of halogens is 1. The summed E-state index contributed by atoms with van der Waals surface area (Å²) in [4.78, 5) is 16.8. The van der Waals surface area contributed by atoms with E-state index in [1.807, 2.05) is 16.8 Å². The van der Waals surface area contributed by atoms with Crippen LogP contribution in [0.2, 0.25) is 0 Å². The van der Waals surface area contributed by atoms with Crippen molar-refractivity contribution in [3.05, 3.63) is 58.3 Å². The summed E-state index contributed by atoms with van der Waals surface area (Å²) in [7, 11) is 0. The van der Waals surface area contributed by atoms with Crippen molar-refractivity contribution >= 4 is 17.2 Å². The van der Waals surface area contributed by atoms with E-state index in [2.05, 4.69) is 15.5 Å². The number of nitrogens with one attached hydrogen (secondary N) is 1. The average Bonchev–Trinajstić information content (AvgIpc) is 3.00. The van der Waals surface area contributed by atoms with Crippen molar-refractivity contribution < 1.29 is 13.7 Å². The quantitative estimate of drug-likeness (QED) is 0.772. The Hall–Kier alpha value is -2.54. The van der Waals surface area contributed by atoms with Gasteiger partial charge in [0.15, 0.2) is 5.82 Å². The second-order valence-corrected chi connectivity index (χ2v) is 6.58. The van der Waals surface area contributed by atoms with E-state index in [1.54, 1.807) is 23.5 Å². The van der Waals surface area contributed by atoms with Gasteiger partial charge >= 0.3 is 0 Å². The van der Waals surface area contributed by atoms with E-state index in [4.69, 9.17) is 4.52 Å². The third-order valence-corrected chi connectivity index (χ3v) is 4.91. The predicted octanol–water partition coefficient (Wildman–Crippen LogP) is 3.29. The van der Waals surface area contributed by atoms with Crippen LogP contribution in [0.3, 0.4) is 0 Å². The average molecular weight is 343 g/mol. The summed E-state index contributed by atoms with van der Waals surface area (Å²) in [5, 5.41) is 10.6. The van der Waals surface area contributed by atoms with Crippen molar-refractivity contribution in [3.63, 3.8) is 0 Å². The summed E-state index contributed by atoms with van der Waals surface area (Å²) in [5.74, 6) is 0.485. The molecule has 0 spiro atoms. The Kier molecular flexibility index (Phi) is 3.65. The molecule has 1 aliphatic carbocycles. The molecule has 0 bridgehead atoms. The SMILES string of the molecule is O=C(NCc1noc(-c2ccsc2)n1)C1(c2ccc(F)cc2)CC1. The lowest BCUT2D eigenvalue weighted by Gasteiger charge is -2.14. The van der Waals surface area contributed by atoms with Crippen LogP contribution in [0.4, 0.5) is 4.39 Å². The summed E-state index contributed by atoms with van der Waals surface area (Å²) < 4.78 is 18.3. The molecule has 3 aromatic rings. The fourth-order valence-electron chi connectivity index (χ4n) is 2.70. The molecule has 0 aliphatic heterocycles. The zero-order chi connectivity index (χ0) is 16.6. The number of carbonyl (C=O) groups is 1. The van der Waals surface area contributed by atoms with Gasteiger partial charge in [-0.15, -0.1) is 0 Å². The number of hydrogen-bond acceptors (Lipinski definition) is 5. The minimum absolute atomic E-state index is 0.0870. The van der Waals surface area contributed by atoms with Crippen molar-refractivity contribution in [3.8, 4) is 11.5 Å². The molecular weight excluding hydrogens is 329 g/mol. The second-order valence-electron chi connectivity index (χ2n) is 5.80. The first-order valence-electron chi connectivity index (χ1n) is 7.57. The van der Waals surface area contributed by atoms with E-state index in [0.717, 1.165) is 24.0 Å². The van der Waals surface area contributed by atoms with Crippen molar-refractivity contribution in [1.29, 1.82) is 0 Å². The number of carbonyl (C=O) groups excluding carboxylic acids is 1. The highest BCUT2D eigenvalue weighted by atomic mass is 32.1. The largest absolute Gasteiger partial charge is 0.348 e. The minimum atomic E-state index is -0.548. The maximum Gasteiger partial charge on any atom is 0.258 e. The molecule has 7 heteroatoms. The highest BCUT2D eigenvalue weighted by molar-refractivity contribution is 7.08. The first-order chi connectivity index (χ1) is 11.7. The molecule has 4 rings (SSSR count). The molecule has 1 saturated carbocycles. The second kappa shape index (κ2) is 5.83. The molecule has 1 fully saturated rings. The maximum absolute atomic E-state index is 13.1. The van der Waals surface area contributed by atoms with E-state index in [9.17, 15) is 9.18 Å². The van der Waals surface area contributed by atoms with Gasteiger partial charge in [0.2, 0.25) is 5.91 Å². The van der Waals surface area contributed by atoms with Crippen molar-refractivity contribution in [2.45, 2.75) is 24.8 Å². The smallest absolute Gasteiger partial charge is 0.258 e. The van der Waals surface area contributed by atoms with Gasteiger partial charge in [0.05, 0.1) is 17.5 Å². The van der Waals surface area contributed by atoms with Gasteiger partial charge in [0.1, 0.15) is 5.82 Å². The Morgan fingerprint density at radius 2 is 2.08 bits per heavy atom. The number of thiophene rings is 1. The molecule has 122 valence electrons. The number of amides is 1. The third-order valence-electron chi connectivity index (χ3n) is 4.22. The van der Waals surface area contributed by atoms with Crippen LogP contribution in [0.1, 0.15) is 24.2 Å². The highest BCUT2D eigenvalue weighted by Crippen LogP contribution is 2.48. The third kappa shape index (κ3) is 2.71. The normalized spacial score (nSPS) is 15.2. The maximum atomic E-state index is 13.1. The molecule has 0 unspecified atom stereocenters. The molecule has 1 amide bonds. The molecule has 2 heterocycles. The molecule has 5 nitrogen and oxygen atoms in total. The number of nitrogens with zero attached hydrogens (tertiary/aromatic N) is 2. The predicted molar refractivity (Wildman–Crippen MR) is 86.8 cm³/mol. The Bertz CT molecular complexity index is 854. The van der Waals surface area contributed by atoms with Crippen LogP contribution in [0.25, 0.3) is 11.5 Å². The summed E-state index contributed by atoms with van der Waals surface area (Å²) in [6, 6.07) is 8.01. The number of aromatic nitrogens is 2. The summed E-state index contributed by atoms with van der Waals surface area (Å²) in [5.41, 5.74) is 1.16. The van der Waals surface area contributed by atoms with Crippen LogP contribution in [-0.4, -0.2) is 16.0 Å². The van der Waals surface area contributed by atoms with Gasteiger partial charge in [-0.2, -0.15) is 16.3 Å². The van der Waals surface area contributed by atoms with Gasteiger partial charge in [-0.3, -0.25) is 4.79 Å². The number of benzene rings is 1. The van der Waals surface area contributed by atoms with Crippen molar-refractivity contribution in [2.24, 2.45) is 0 Å². The van der Waals surface area contributed by atoms with Gasteiger partial charge in [-0.05, 0) is 42.0 Å². The highest BCUT2D eigenvalue weighted by Gasteiger charge is 2.51. The molecule has 1 N–H and O–H groups in total. The van der Waals surface area contributed by atoms with Gasteiger partial charge in [-0.1, -0.05) is 17.3 Å². The lowest BCUT2D eigenvalue weighted by Crippen LogP contribution is -2.34. The Morgan fingerprint density at radius 3 is 2.75 bits per heavy atom. The summed E-state index contributed by atoms with van der Waals surface area (Å²) in [6.07, 6.45) is 1.52. The Balaban J connectivity index is 1.43. The molecule has 0 radical (unpaired) electrons. The number of hydrogen-bond donors (Lipinski definition) is 1. The fourth-order valence-corrected chi connectivity index (χ4v) is 3.33. The van der Waals surface area contributed by atoms with Crippen LogP contribution >= 0.6 is 11.3 Å². The van der Waals surface area contributed by atoms with Crippen molar-refractivity contribution in [1.82, 2.24) is 15.5 Å². The van der Waals surface area contributed by atoms with Crippen LogP contribution < -0.4 is 5.32 Å². The summed E-state index contributed by atoms with van der Waals surface area (Å²) in [6.45, 7) is 0.204. The van der Waals surface area contributed by atoms with E-state index >= 15 is 0 Å². The fraction of sp³-hybridized carbons (Fsp3) is 0.235. The van der Waals surface area contributed by atoms with E-state index < -0.39 is 5.41 Å². The van der Waals surface area contributed by atoms with Crippen molar-refractivity contribution in [2.75, 3.05) is 0 Å². The molecular formula is C17H14FN3O2S. The molecule has 0 saturated heterocycles. The molecule has 2 aromatic heterocycles. The van der Waals surface area contributed by atoms with Gasteiger partial charge in [-0.25, -0.2) is 4.39 Å². The minimum Gasteiger partial charge on any atom is -0.348 e. The Morgan fingerprint density at radius 1 is 1.29 bits per heavy atom. The molecule has 1 aliphatic rings. The first kappa shape index (κ1) is 15.0.